The van der Waals surface area contributed by atoms with Crippen LogP contribution in [0.15, 0.2) is 0 Å². The van der Waals surface area contributed by atoms with Crippen molar-refractivity contribution in [1.82, 2.24) is 0 Å². The molecule has 0 heterocycles. The van der Waals surface area contributed by atoms with Gasteiger partial charge in [-0.25, -0.2) is 0 Å². The Hall–Kier alpha value is 0.486. The summed E-state index contributed by atoms with van der Waals surface area (Å²) < 4.78 is 32.3. The van der Waals surface area contributed by atoms with E-state index in [1.807, 2.05) is 0 Å². The zero-order chi connectivity index (χ0) is 32.9. The van der Waals surface area contributed by atoms with Crippen LogP contribution in [0.4, 0.5) is 0 Å². The van der Waals surface area contributed by atoms with Gasteiger partial charge in [0.2, 0.25) is 4.75 Å². The number of carboxylic acids is 2. The molecule has 0 aliphatic rings. The average Bonchev–Trinajstić information content (AvgIpc) is 2.97. The summed E-state index contributed by atoms with van der Waals surface area (Å²) in [6.07, 6.45) is 30.7. The molecule has 9 heteroatoms. The SMILES string of the molecule is CCCCCCCCCCCCCCCCC(C(=O)O)C(CCCCCCCCCCCCCCCC)(C(=O)O)S(=O)(=O)O.[H-].[K+]. The van der Waals surface area contributed by atoms with Crippen molar-refractivity contribution < 1.29 is 85.6 Å². The fourth-order valence-electron chi connectivity index (χ4n) is 6.53. The molecule has 0 spiro atoms. The molecule has 2 unspecified atom stereocenters. The summed E-state index contributed by atoms with van der Waals surface area (Å²) >= 11 is 0. The summed E-state index contributed by atoms with van der Waals surface area (Å²) in [7, 11) is -5.14. The van der Waals surface area contributed by atoms with Gasteiger partial charge in [-0.3, -0.25) is 14.1 Å². The Balaban J connectivity index is -0.00000924. The van der Waals surface area contributed by atoms with E-state index in [9.17, 15) is 32.8 Å². The standard InChI is InChI=1S/C36H70O7S.K.H/c1-3-5-7-9-11-13-15-17-19-21-23-25-27-29-31-33(34(37)38)36(35(39)40,44(41,42)43)32-30-28-26-24-22-20-18-16-14-12-10-8-6-4-2;;/h33H,3-32H2,1-2H3,(H,37,38)(H,39,40)(H,41,42,43);;/q;+1;-1. The fourth-order valence-corrected chi connectivity index (χ4v) is 7.73. The first-order valence-corrected chi connectivity index (χ1v) is 20.0. The molecule has 0 fully saturated rings. The maximum Gasteiger partial charge on any atom is 1.00 e. The molecule has 0 bridgehead atoms. The van der Waals surface area contributed by atoms with E-state index < -0.39 is 32.7 Å². The molecule has 45 heavy (non-hydrogen) atoms. The van der Waals surface area contributed by atoms with Crippen molar-refractivity contribution in [1.29, 1.82) is 0 Å². The first-order valence-electron chi connectivity index (χ1n) is 18.6. The second-order valence-electron chi connectivity index (χ2n) is 13.3. The van der Waals surface area contributed by atoms with Crippen molar-refractivity contribution in [2.24, 2.45) is 5.92 Å². The molecular formula is C36H71KO7S. The van der Waals surface area contributed by atoms with E-state index in [2.05, 4.69) is 13.8 Å². The second-order valence-corrected chi connectivity index (χ2v) is 15.0. The molecule has 0 aliphatic heterocycles. The number of unbranched alkanes of at least 4 members (excludes halogenated alkanes) is 26. The van der Waals surface area contributed by atoms with Gasteiger partial charge in [0.15, 0.2) is 0 Å². The van der Waals surface area contributed by atoms with Crippen molar-refractivity contribution >= 4 is 22.1 Å². The van der Waals surface area contributed by atoms with Crippen LogP contribution in [0.2, 0.25) is 0 Å². The summed E-state index contributed by atoms with van der Waals surface area (Å²) in [5.41, 5.74) is 0. The summed E-state index contributed by atoms with van der Waals surface area (Å²) in [6.45, 7) is 4.46. The third-order valence-electron chi connectivity index (χ3n) is 9.43. The van der Waals surface area contributed by atoms with Gasteiger partial charge in [0, 0.05) is 0 Å². The van der Waals surface area contributed by atoms with Crippen LogP contribution in [0, 0.1) is 5.92 Å². The number of carbonyl (C=O) groups is 2. The maximum atomic E-state index is 12.5. The van der Waals surface area contributed by atoms with Crippen LogP contribution in [0.25, 0.3) is 0 Å². The normalized spacial score (nSPS) is 13.7. The Kier molecular flexibility index (Phi) is 33.6. The Labute approximate surface area is 321 Å². The summed E-state index contributed by atoms with van der Waals surface area (Å²) in [6, 6.07) is 0. The second kappa shape index (κ2) is 31.7. The molecule has 0 aromatic heterocycles. The third kappa shape index (κ3) is 23.5. The van der Waals surface area contributed by atoms with Gasteiger partial charge in [-0.2, -0.15) is 8.42 Å². The van der Waals surface area contributed by atoms with Crippen LogP contribution in [0.3, 0.4) is 0 Å². The molecule has 3 N–H and O–H groups in total. The predicted molar refractivity (Wildman–Crippen MR) is 184 cm³/mol. The van der Waals surface area contributed by atoms with Crippen LogP contribution >= 0.6 is 0 Å². The Bertz CT molecular complexity index is 812. The molecule has 264 valence electrons. The van der Waals surface area contributed by atoms with Crippen molar-refractivity contribution in [3.63, 3.8) is 0 Å². The number of carboxylic acid groups (broad SMARTS) is 2. The zero-order valence-corrected chi connectivity index (χ0v) is 33.6. The molecule has 2 atom stereocenters. The van der Waals surface area contributed by atoms with Gasteiger partial charge in [0.05, 0.1) is 5.92 Å². The Morgan fingerprint density at radius 3 is 1.04 bits per heavy atom. The molecule has 0 rings (SSSR count). The molecule has 0 aromatic carbocycles. The van der Waals surface area contributed by atoms with Gasteiger partial charge in [-0.1, -0.05) is 194 Å². The van der Waals surface area contributed by atoms with E-state index in [1.165, 1.54) is 116 Å². The predicted octanol–water partition coefficient (Wildman–Crippen LogP) is 8.26. The minimum absolute atomic E-state index is 0. The van der Waals surface area contributed by atoms with E-state index in [0.29, 0.717) is 12.8 Å². The van der Waals surface area contributed by atoms with Gasteiger partial charge < -0.3 is 11.6 Å². The number of hydrogen-bond donors (Lipinski definition) is 3. The number of aliphatic carboxylic acids is 2. The summed E-state index contributed by atoms with van der Waals surface area (Å²) in [4.78, 5) is 24.5. The van der Waals surface area contributed by atoms with E-state index in [-0.39, 0.29) is 72.1 Å². The van der Waals surface area contributed by atoms with Gasteiger partial charge in [0.1, 0.15) is 0 Å². The van der Waals surface area contributed by atoms with Gasteiger partial charge in [0.25, 0.3) is 10.1 Å². The smallest absolute Gasteiger partial charge is 1.00 e. The average molecular weight is 687 g/mol. The van der Waals surface area contributed by atoms with Crippen molar-refractivity contribution in [2.75, 3.05) is 0 Å². The van der Waals surface area contributed by atoms with Crippen LogP contribution in [-0.2, 0) is 19.7 Å². The van der Waals surface area contributed by atoms with Gasteiger partial charge in [-0.05, 0) is 12.8 Å². The molecule has 0 radical (unpaired) electrons. The molecule has 0 saturated carbocycles. The van der Waals surface area contributed by atoms with Crippen LogP contribution in [0.1, 0.15) is 208 Å². The van der Waals surface area contributed by atoms with Crippen molar-refractivity contribution in [2.45, 2.75) is 211 Å². The van der Waals surface area contributed by atoms with E-state index in [1.54, 1.807) is 0 Å². The number of rotatable bonds is 34. The minimum Gasteiger partial charge on any atom is -1.00 e. The van der Waals surface area contributed by atoms with Crippen molar-refractivity contribution in [3.8, 4) is 0 Å². The molecule has 7 nitrogen and oxygen atoms in total. The van der Waals surface area contributed by atoms with E-state index in [0.717, 1.165) is 44.9 Å². The Morgan fingerprint density at radius 2 is 0.800 bits per heavy atom. The number of hydrogen-bond acceptors (Lipinski definition) is 4. The van der Waals surface area contributed by atoms with E-state index >= 15 is 0 Å². The minimum atomic E-state index is -5.14. The maximum absolute atomic E-state index is 12.5. The Morgan fingerprint density at radius 1 is 0.533 bits per heavy atom. The third-order valence-corrected chi connectivity index (χ3v) is 11.0. The quantitative estimate of drug-likeness (QED) is 0.0353. The molecule has 0 saturated heterocycles. The van der Waals surface area contributed by atoms with Crippen LogP contribution in [-0.4, -0.2) is 39.9 Å². The van der Waals surface area contributed by atoms with Crippen LogP contribution in [0.5, 0.6) is 0 Å². The van der Waals surface area contributed by atoms with Gasteiger partial charge in [-0.15, -0.1) is 0 Å². The zero-order valence-electron chi connectivity index (χ0n) is 30.7. The largest absolute Gasteiger partial charge is 1.00 e. The molecular weight excluding hydrogens is 616 g/mol. The summed E-state index contributed by atoms with van der Waals surface area (Å²) in [5.74, 6) is -4.90. The van der Waals surface area contributed by atoms with Gasteiger partial charge >= 0.3 is 63.3 Å². The molecule has 0 aliphatic carbocycles. The molecule has 0 amide bonds. The topological polar surface area (TPSA) is 129 Å². The van der Waals surface area contributed by atoms with Crippen molar-refractivity contribution in [3.05, 3.63) is 0 Å². The summed E-state index contributed by atoms with van der Waals surface area (Å²) in [5, 5.41) is 19.9. The molecule has 0 aromatic rings. The fraction of sp³-hybridized carbons (Fsp3) is 0.944. The monoisotopic (exact) mass is 686 g/mol. The van der Waals surface area contributed by atoms with Crippen LogP contribution < -0.4 is 51.4 Å². The first kappa shape index (κ1) is 47.6. The van der Waals surface area contributed by atoms with E-state index in [4.69, 9.17) is 0 Å². The first-order chi connectivity index (χ1) is 21.1.